The molecule has 3 rings (SSSR count). The number of methoxy groups -OCH3 is 2. The zero-order valence-electron chi connectivity index (χ0n) is 18.0. The van der Waals surface area contributed by atoms with E-state index in [4.69, 9.17) is 14.2 Å². The van der Waals surface area contributed by atoms with E-state index in [2.05, 4.69) is 5.32 Å². The number of ether oxygens (including phenoxy) is 3. The van der Waals surface area contributed by atoms with Crippen LogP contribution in [-0.4, -0.2) is 58.3 Å². The molecular weight excluding hydrogens is 420 g/mol. The lowest BCUT2D eigenvalue weighted by molar-refractivity contribution is 0.0956. The van der Waals surface area contributed by atoms with Gasteiger partial charge in [0.2, 0.25) is 10.0 Å². The Morgan fingerprint density at radius 1 is 1.06 bits per heavy atom. The van der Waals surface area contributed by atoms with Crippen LogP contribution in [0.25, 0.3) is 0 Å². The fourth-order valence-corrected chi connectivity index (χ4v) is 4.81. The molecule has 1 aliphatic rings. The Morgan fingerprint density at radius 3 is 2.32 bits per heavy atom. The molecule has 0 saturated heterocycles. The minimum atomic E-state index is -3.53. The molecule has 0 saturated carbocycles. The fourth-order valence-electron chi connectivity index (χ4n) is 3.49. The first-order valence-corrected chi connectivity index (χ1v) is 11.7. The summed E-state index contributed by atoms with van der Waals surface area (Å²) in [5.41, 5.74) is 2.40. The SMILES string of the molecule is CCOc1ccc(C(=O)NCCS(=O)(=O)N2CCc3cc(OC)c(OC)cc3C2)cc1. The van der Waals surface area contributed by atoms with E-state index in [0.29, 0.717) is 42.4 Å². The van der Waals surface area contributed by atoms with Crippen LogP contribution in [0.5, 0.6) is 17.2 Å². The molecule has 2 aromatic rings. The zero-order valence-corrected chi connectivity index (χ0v) is 18.8. The monoisotopic (exact) mass is 448 g/mol. The molecule has 0 aromatic heterocycles. The van der Waals surface area contributed by atoms with Crippen molar-refractivity contribution < 1.29 is 27.4 Å². The summed E-state index contributed by atoms with van der Waals surface area (Å²) in [5.74, 6) is 1.40. The topological polar surface area (TPSA) is 94.2 Å². The second-order valence-electron chi connectivity index (χ2n) is 7.09. The molecule has 9 heteroatoms. The van der Waals surface area contributed by atoms with Crippen LogP contribution >= 0.6 is 0 Å². The summed E-state index contributed by atoms with van der Waals surface area (Å²) in [4.78, 5) is 12.3. The molecule has 0 radical (unpaired) electrons. The molecule has 31 heavy (non-hydrogen) atoms. The number of sulfonamides is 1. The fraction of sp³-hybridized carbons (Fsp3) is 0.409. The van der Waals surface area contributed by atoms with Crippen molar-refractivity contribution in [3.05, 3.63) is 53.1 Å². The first-order chi connectivity index (χ1) is 14.9. The maximum absolute atomic E-state index is 12.8. The number of amides is 1. The second-order valence-corrected chi connectivity index (χ2v) is 9.18. The van der Waals surface area contributed by atoms with Crippen molar-refractivity contribution in [2.24, 2.45) is 0 Å². The maximum atomic E-state index is 12.8. The van der Waals surface area contributed by atoms with E-state index in [1.54, 1.807) is 38.5 Å². The van der Waals surface area contributed by atoms with Gasteiger partial charge in [-0.3, -0.25) is 4.79 Å². The van der Waals surface area contributed by atoms with Crippen molar-refractivity contribution in [2.45, 2.75) is 19.9 Å². The van der Waals surface area contributed by atoms with Gasteiger partial charge in [-0.1, -0.05) is 0 Å². The van der Waals surface area contributed by atoms with Crippen LogP contribution in [0.1, 0.15) is 28.4 Å². The van der Waals surface area contributed by atoms with E-state index in [1.165, 1.54) is 4.31 Å². The van der Waals surface area contributed by atoms with Crippen molar-refractivity contribution in [3.8, 4) is 17.2 Å². The summed E-state index contributed by atoms with van der Waals surface area (Å²) in [7, 11) is -0.402. The molecule has 0 aliphatic carbocycles. The lowest BCUT2D eigenvalue weighted by atomic mass is 10.0. The average Bonchev–Trinajstić information content (AvgIpc) is 2.78. The van der Waals surface area contributed by atoms with Gasteiger partial charge in [-0.05, 0) is 60.9 Å². The molecule has 0 bridgehead atoms. The number of hydrogen-bond donors (Lipinski definition) is 1. The summed E-state index contributed by atoms with van der Waals surface area (Å²) >= 11 is 0. The summed E-state index contributed by atoms with van der Waals surface area (Å²) < 4.78 is 43.1. The molecule has 168 valence electrons. The molecule has 1 aliphatic heterocycles. The summed E-state index contributed by atoms with van der Waals surface area (Å²) in [5, 5.41) is 2.68. The van der Waals surface area contributed by atoms with Crippen molar-refractivity contribution in [3.63, 3.8) is 0 Å². The summed E-state index contributed by atoms with van der Waals surface area (Å²) in [6.45, 7) is 3.12. The van der Waals surface area contributed by atoms with Gasteiger partial charge in [0.1, 0.15) is 5.75 Å². The number of carbonyl (C=O) groups excluding carboxylic acids is 1. The lowest BCUT2D eigenvalue weighted by Crippen LogP contribution is -2.40. The zero-order chi connectivity index (χ0) is 22.4. The second kappa shape index (κ2) is 10.0. The molecule has 0 fully saturated rings. The Bertz CT molecular complexity index is 1020. The van der Waals surface area contributed by atoms with Crippen LogP contribution in [0.4, 0.5) is 0 Å². The number of nitrogens with one attached hydrogen (secondary N) is 1. The largest absolute Gasteiger partial charge is 0.494 e. The third kappa shape index (κ3) is 5.48. The van der Waals surface area contributed by atoms with Gasteiger partial charge in [-0.25, -0.2) is 8.42 Å². The Balaban J connectivity index is 1.58. The van der Waals surface area contributed by atoms with Crippen LogP contribution in [-0.2, 0) is 23.0 Å². The van der Waals surface area contributed by atoms with Gasteiger partial charge in [-0.15, -0.1) is 0 Å². The molecular formula is C22H28N2O6S. The molecule has 0 unspecified atom stereocenters. The van der Waals surface area contributed by atoms with Gasteiger partial charge in [-0.2, -0.15) is 4.31 Å². The molecule has 1 amide bonds. The normalized spacial score (nSPS) is 13.9. The lowest BCUT2D eigenvalue weighted by Gasteiger charge is -2.29. The Morgan fingerprint density at radius 2 is 1.71 bits per heavy atom. The predicted octanol–water partition coefficient (Wildman–Crippen LogP) is 2.22. The summed E-state index contributed by atoms with van der Waals surface area (Å²) in [6.07, 6.45) is 0.591. The smallest absolute Gasteiger partial charge is 0.251 e. The number of benzene rings is 2. The predicted molar refractivity (Wildman–Crippen MR) is 117 cm³/mol. The minimum Gasteiger partial charge on any atom is -0.494 e. The highest BCUT2D eigenvalue weighted by Gasteiger charge is 2.27. The quantitative estimate of drug-likeness (QED) is 0.632. The van der Waals surface area contributed by atoms with Gasteiger partial charge < -0.3 is 19.5 Å². The third-order valence-electron chi connectivity index (χ3n) is 5.15. The number of carbonyl (C=O) groups is 1. The molecule has 0 atom stereocenters. The number of hydrogen-bond acceptors (Lipinski definition) is 6. The van der Waals surface area contributed by atoms with E-state index in [1.807, 2.05) is 19.1 Å². The third-order valence-corrected chi connectivity index (χ3v) is 6.97. The van der Waals surface area contributed by atoms with E-state index >= 15 is 0 Å². The van der Waals surface area contributed by atoms with Crippen LogP contribution in [0, 0.1) is 0 Å². The Labute approximate surface area is 183 Å². The van der Waals surface area contributed by atoms with Crippen LogP contribution in [0.3, 0.4) is 0 Å². The maximum Gasteiger partial charge on any atom is 0.251 e. The number of nitrogens with zero attached hydrogens (tertiary/aromatic N) is 1. The van der Waals surface area contributed by atoms with Gasteiger partial charge in [0, 0.05) is 25.2 Å². The highest BCUT2D eigenvalue weighted by atomic mass is 32.2. The van der Waals surface area contributed by atoms with Gasteiger partial charge in [0.05, 0.1) is 26.6 Å². The van der Waals surface area contributed by atoms with Crippen LogP contribution < -0.4 is 19.5 Å². The van der Waals surface area contributed by atoms with Gasteiger partial charge in [0.15, 0.2) is 11.5 Å². The minimum absolute atomic E-state index is 0.0314. The standard InChI is InChI=1S/C22H28N2O6S/c1-4-30-19-7-5-16(6-8-19)22(25)23-10-12-31(26,27)24-11-9-17-13-20(28-2)21(29-3)14-18(17)15-24/h5-8,13-14H,4,9-12,15H2,1-3H3,(H,23,25). The Hall–Kier alpha value is -2.78. The van der Waals surface area contributed by atoms with E-state index in [9.17, 15) is 13.2 Å². The van der Waals surface area contributed by atoms with Gasteiger partial charge in [0.25, 0.3) is 5.91 Å². The number of rotatable bonds is 9. The molecule has 8 nitrogen and oxygen atoms in total. The number of fused-ring (bicyclic) bond motifs is 1. The highest BCUT2D eigenvalue weighted by Crippen LogP contribution is 2.33. The first-order valence-electron chi connectivity index (χ1n) is 10.1. The Kier molecular flexibility index (Phi) is 7.40. The van der Waals surface area contributed by atoms with Crippen LogP contribution in [0.15, 0.2) is 36.4 Å². The molecule has 1 N–H and O–H groups in total. The van der Waals surface area contributed by atoms with Crippen molar-refractivity contribution in [1.29, 1.82) is 0 Å². The molecule has 0 spiro atoms. The summed E-state index contributed by atoms with van der Waals surface area (Å²) in [6, 6.07) is 10.4. The average molecular weight is 449 g/mol. The van der Waals surface area contributed by atoms with E-state index in [-0.39, 0.29) is 24.7 Å². The molecule has 1 heterocycles. The molecule has 2 aromatic carbocycles. The van der Waals surface area contributed by atoms with Crippen molar-refractivity contribution >= 4 is 15.9 Å². The highest BCUT2D eigenvalue weighted by molar-refractivity contribution is 7.89. The van der Waals surface area contributed by atoms with E-state index < -0.39 is 10.0 Å². The van der Waals surface area contributed by atoms with E-state index in [0.717, 1.165) is 11.1 Å². The van der Waals surface area contributed by atoms with Gasteiger partial charge >= 0.3 is 0 Å². The van der Waals surface area contributed by atoms with Crippen LogP contribution in [0.2, 0.25) is 0 Å². The van der Waals surface area contributed by atoms with Crippen molar-refractivity contribution in [2.75, 3.05) is 39.7 Å². The first kappa shape index (κ1) is 22.9. The van der Waals surface area contributed by atoms with Crippen molar-refractivity contribution in [1.82, 2.24) is 9.62 Å².